The Hall–Kier alpha value is -2.83. The van der Waals surface area contributed by atoms with Gasteiger partial charge in [-0.1, -0.05) is 24.3 Å². The van der Waals surface area contributed by atoms with E-state index in [1.54, 1.807) is 11.9 Å². The van der Waals surface area contributed by atoms with Crippen LogP contribution in [0.25, 0.3) is 0 Å². The molecule has 3 heterocycles. The van der Waals surface area contributed by atoms with Crippen molar-refractivity contribution in [2.24, 2.45) is 4.99 Å². The zero-order valence-corrected chi connectivity index (χ0v) is 16.2. The van der Waals surface area contributed by atoms with Crippen LogP contribution in [0.5, 0.6) is 0 Å². The molecule has 1 aromatic carbocycles. The second-order valence-corrected chi connectivity index (χ2v) is 7.33. The van der Waals surface area contributed by atoms with E-state index in [1.165, 1.54) is 16.0 Å². The summed E-state index contributed by atoms with van der Waals surface area (Å²) in [5.74, 6) is 0.627. The van der Waals surface area contributed by atoms with E-state index in [4.69, 9.17) is 4.99 Å². The fraction of sp³-hybridized carbons (Fsp3) is 0.450. The minimum Gasteiger partial charge on any atom is -0.325 e. The van der Waals surface area contributed by atoms with Crippen LogP contribution in [-0.2, 0) is 4.79 Å². The summed E-state index contributed by atoms with van der Waals surface area (Å²) in [7, 11) is 1.73. The molecular weight excluding hydrogens is 342 g/mol. The summed E-state index contributed by atoms with van der Waals surface area (Å²) in [6.45, 7) is 7.84. The maximum Gasteiger partial charge on any atom is 0.328 e. The monoisotopic (exact) mass is 367 g/mol. The number of benzene rings is 1. The Kier molecular flexibility index (Phi) is 4.17. The van der Waals surface area contributed by atoms with Gasteiger partial charge in [-0.05, 0) is 38.0 Å². The first-order valence-corrected chi connectivity index (χ1v) is 9.32. The van der Waals surface area contributed by atoms with Gasteiger partial charge in [0.1, 0.15) is 0 Å². The van der Waals surface area contributed by atoms with Crippen molar-refractivity contribution in [1.29, 1.82) is 0 Å². The van der Waals surface area contributed by atoms with E-state index < -0.39 is 12.2 Å². The molecular formula is C20H25N5O2. The number of hydrogen-bond donors (Lipinski definition) is 0. The SMILES string of the molecule is C/C=C/CN1C(=O)C2C(N=C3N(c4cc(C)ccc4C)CCN32)N(C)C1=O. The van der Waals surface area contributed by atoms with Crippen molar-refractivity contribution in [1.82, 2.24) is 14.7 Å². The van der Waals surface area contributed by atoms with E-state index >= 15 is 0 Å². The number of urea groups is 1. The first-order valence-electron chi connectivity index (χ1n) is 9.32. The quantitative estimate of drug-likeness (QED) is 0.767. The van der Waals surface area contributed by atoms with Crippen molar-refractivity contribution < 1.29 is 9.59 Å². The highest BCUT2D eigenvalue weighted by atomic mass is 16.2. The summed E-state index contributed by atoms with van der Waals surface area (Å²) in [5, 5.41) is 0. The average Bonchev–Trinajstić information content (AvgIpc) is 3.21. The van der Waals surface area contributed by atoms with Gasteiger partial charge in [-0.2, -0.15) is 0 Å². The molecule has 3 aliphatic heterocycles. The molecule has 2 saturated heterocycles. The van der Waals surface area contributed by atoms with Crippen molar-refractivity contribution in [3.05, 3.63) is 41.5 Å². The van der Waals surface area contributed by atoms with Crippen LogP contribution in [0.15, 0.2) is 35.3 Å². The Morgan fingerprint density at radius 3 is 2.74 bits per heavy atom. The Labute approximate surface area is 159 Å². The molecule has 0 N–H and O–H groups in total. The summed E-state index contributed by atoms with van der Waals surface area (Å²) in [6, 6.07) is 5.62. The van der Waals surface area contributed by atoms with E-state index in [0.717, 1.165) is 24.7 Å². The second kappa shape index (κ2) is 6.40. The zero-order chi connectivity index (χ0) is 19.3. The number of rotatable bonds is 3. The molecule has 2 fully saturated rings. The van der Waals surface area contributed by atoms with Crippen LogP contribution in [0.2, 0.25) is 0 Å². The lowest BCUT2D eigenvalue weighted by molar-refractivity contribution is -0.136. The molecule has 7 heteroatoms. The summed E-state index contributed by atoms with van der Waals surface area (Å²) >= 11 is 0. The van der Waals surface area contributed by atoms with Crippen molar-refractivity contribution in [2.45, 2.75) is 33.0 Å². The second-order valence-electron chi connectivity index (χ2n) is 7.33. The number of carbonyl (C=O) groups excluding carboxylic acids is 2. The third-order valence-electron chi connectivity index (χ3n) is 5.56. The van der Waals surface area contributed by atoms with Crippen LogP contribution in [0.4, 0.5) is 10.5 Å². The third kappa shape index (κ3) is 2.60. The van der Waals surface area contributed by atoms with Crippen molar-refractivity contribution in [2.75, 3.05) is 31.6 Å². The van der Waals surface area contributed by atoms with Gasteiger partial charge in [0.05, 0.1) is 0 Å². The lowest BCUT2D eigenvalue weighted by Crippen LogP contribution is -2.64. The topological polar surface area (TPSA) is 59.5 Å². The van der Waals surface area contributed by atoms with Gasteiger partial charge < -0.3 is 14.7 Å². The van der Waals surface area contributed by atoms with Crippen LogP contribution in [0.3, 0.4) is 0 Å². The van der Waals surface area contributed by atoms with Gasteiger partial charge in [0.2, 0.25) is 5.96 Å². The first-order chi connectivity index (χ1) is 12.9. The van der Waals surface area contributed by atoms with E-state index in [2.05, 4.69) is 41.8 Å². The third-order valence-corrected chi connectivity index (χ3v) is 5.56. The fourth-order valence-electron chi connectivity index (χ4n) is 4.05. The Bertz CT molecular complexity index is 862. The van der Waals surface area contributed by atoms with E-state index in [1.807, 2.05) is 19.1 Å². The van der Waals surface area contributed by atoms with Crippen molar-refractivity contribution >= 4 is 23.6 Å². The molecule has 7 nitrogen and oxygen atoms in total. The van der Waals surface area contributed by atoms with Gasteiger partial charge >= 0.3 is 6.03 Å². The van der Waals surface area contributed by atoms with Crippen LogP contribution in [-0.4, -0.2) is 71.5 Å². The number of carbonyl (C=O) groups is 2. The molecule has 27 heavy (non-hydrogen) atoms. The van der Waals surface area contributed by atoms with Gasteiger partial charge in [-0.25, -0.2) is 9.79 Å². The number of nitrogens with zero attached hydrogens (tertiary/aromatic N) is 5. The van der Waals surface area contributed by atoms with Gasteiger partial charge in [-0.3, -0.25) is 9.69 Å². The molecule has 0 saturated carbocycles. The Morgan fingerprint density at radius 1 is 1.22 bits per heavy atom. The number of guanidine groups is 1. The normalized spacial score (nSPS) is 24.8. The van der Waals surface area contributed by atoms with Crippen molar-refractivity contribution in [3.8, 4) is 0 Å². The Morgan fingerprint density at radius 2 is 2.00 bits per heavy atom. The highest BCUT2D eigenvalue weighted by Crippen LogP contribution is 2.34. The van der Waals surface area contributed by atoms with Crippen LogP contribution in [0, 0.1) is 13.8 Å². The number of hydrogen-bond acceptors (Lipinski definition) is 5. The standard InChI is InChI=1S/C20H25N5O2/c1-5-6-9-25-18(26)16-17(22(4)20(25)27)21-19-23(10-11-24(16)19)15-12-13(2)7-8-14(15)3/h5-8,12,16-17H,9-11H2,1-4H3/b6-5+. The molecule has 3 amide bonds. The summed E-state index contributed by atoms with van der Waals surface area (Å²) < 4.78 is 0. The number of anilines is 1. The summed E-state index contributed by atoms with van der Waals surface area (Å²) in [5.41, 5.74) is 3.47. The summed E-state index contributed by atoms with van der Waals surface area (Å²) in [4.78, 5) is 37.7. The highest BCUT2D eigenvalue weighted by Gasteiger charge is 2.54. The van der Waals surface area contributed by atoms with Gasteiger partial charge in [0.15, 0.2) is 12.2 Å². The smallest absolute Gasteiger partial charge is 0.325 e. The molecule has 2 atom stereocenters. The number of aliphatic imine (C=N–C) groups is 1. The van der Waals surface area contributed by atoms with Crippen LogP contribution < -0.4 is 4.90 Å². The number of aryl methyl sites for hydroxylation is 2. The molecule has 142 valence electrons. The maximum absolute atomic E-state index is 13.1. The molecule has 1 aromatic rings. The largest absolute Gasteiger partial charge is 0.328 e. The highest BCUT2D eigenvalue weighted by molar-refractivity contribution is 6.08. The maximum atomic E-state index is 13.1. The molecule has 4 rings (SSSR count). The predicted molar refractivity (Wildman–Crippen MR) is 105 cm³/mol. The number of imide groups is 1. The number of amides is 3. The molecule has 2 unspecified atom stereocenters. The average molecular weight is 367 g/mol. The van der Waals surface area contributed by atoms with Crippen LogP contribution >= 0.6 is 0 Å². The number of allylic oxidation sites excluding steroid dienone is 1. The van der Waals surface area contributed by atoms with Crippen LogP contribution in [0.1, 0.15) is 18.1 Å². The molecule has 3 aliphatic rings. The zero-order valence-electron chi connectivity index (χ0n) is 16.2. The minimum absolute atomic E-state index is 0.164. The molecule has 0 radical (unpaired) electrons. The fourth-order valence-corrected chi connectivity index (χ4v) is 4.05. The van der Waals surface area contributed by atoms with Crippen molar-refractivity contribution in [3.63, 3.8) is 0 Å². The lowest BCUT2D eigenvalue weighted by Gasteiger charge is -2.40. The number of fused-ring (bicyclic) bond motifs is 3. The lowest BCUT2D eigenvalue weighted by atomic mass is 10.1. The summed E-state index contributed by atoms with van der Waals surface area (Å²) in [6.07, 6.45) is 3.21. The first kappa shape index (κ1) is 17.6. The molecule has 0 aliphatic carbocycles. The minimum atomic E-state index is -0.463. The van der Waals surface area contributed by atoms with E-state index in [9.17, 15) is 9.59 Å². The molecule has 0 bridgehead atoms. The van der Waals surface area contributed by atoms with Gasteiger partial charge in [-0.15, -0.1) is 0 Å². The van der Waals surface area contributed by atoms with E-state index in [-0.39, 0.29) is 11.9 Å². The molecule has 0 spiro atoms. The predicted octanol–water partition coefficient (Wildman–Crippen LogP) is 1.96. The molecule has 0 aromatic heterocycles. The number of likely N-dealkylation sites (N-methyl/N-ethyl adjacent to an activating group) is 1. The Balaban J connectivity index is 1.68. The van der Waals surface area contributed by atoms with E-state index in [0.29, 0.717) is 6.54 Å². The van der Waals surface area contributed by atoms with Gasteiger partial charge in [0, 0.05) is 32.4 Å². The van der Waals surface area contributed by atoms with Gasteiger partial charge in [0.25, 0.3) is 5.91 Å².